The molecule has 104 valence electrons. The Bertz CT molecular complexity index is 456. The Labute approximate surface area is 112 Å². The van der Waals surface area contributed by atoms with Crippen LogP contribution in [0.15, 0.2) is 12.3 Å². The molecule has 19 heavy (non-hydrogen) atoms. The van der Waals surface area contributed by atoms with E-state index in [4.69, 9.17) is 16.2 Å². The van der Waals surface area contributed by atoms with Crippen molar-refractivity contribution >= 4 is 17.4 Å². The lowest BCUT2D eigenvalue weighted by Crippen LogP contribution is -2.37. The van der Waals surface area contributed by atoms with E-state index in [2.05, 4.69) is 9.88 Å². The molecule has 1 aliphatic rings. The fourth-order valence-corrected chi connectivity index (χ4v) is 2.45. The number of methoxy groups -OCH3 is 1. The number of pyridine rings is 1. The van der Waals surface area contributed by atoms with Gasteiger partial charge in [0.05, 0.1) is 17.4 Å². The van der Waals surface area contributed by atoms with Gasteiger partial charge in [-0.25, -0.2) is 4.98 Å². The van der Waals surface area contributed by atoms with Crippen LogP contribution in [-0.2, 0) is 4.74 Å². The molecule has 0 bridgehead atoms. The molecule has 1 aromatic rings. The van der Waals surface area contributed by atoms with E-state index >= 15 is 0 Å². The Hall–Kier alpha value is -1.82. The van der Waals surface area contributed by atoms with Crippen LogP contribution >= 0.6 is 0 Å². The first-order valence-corrected chi connectivity index (χ1v) is 6.41. The van der Waals surface area contributed by atoms with Crippen molar-refractivity contribution in [2.75, 3.05) is 37.4 Å². The molecule has 1 aromatic heterocycles. The Balaban J connectivity index is 2.13. The summed E-state index contributed by atoms with van der Waals surface area (Å²) in [6, 6.07) is 1.59. The summed E-state index contributed by atoms with van der Waals surface area (Å²) in [6.45, 7) is 2.49. The maximum Gasteiger partial charge on any atom is 0.252 e. The van der Waals surface area contributed by atoms with Crippen LogP contribution < -0.4 is 16.4 Å². The molecule has 0 saturated carbocycles. The van der Waals surface area contributed by atoms with Crippen LogP contribution in [0.25, 0.3) is 0 Å². The number of ether oxygens (including phenoxy) is 1. The molecule has 0 atom stereocenters. The summed E-state index contributed by atoms with van der Waals surface area (Å²) in [5, 5.41) is 0. The lowest BCUT2D eigenvalue weighted by molar-refractivity contribution is 0.1000. The molecule has 1 fully saturated rings. The molecular formula is C13H20N4O2. The van der Waals surface area contributed by atoms with E-state index in [9.17, 15) is 4.79 Å². The third-order valence-corrected chi connectivity index (χ3v) is 3.47. The molecule has 0 unspecified atom stereocenters. The van der Waals surface area contributed by atoms with Gasteiger partial charge in [0.2, 0.25) is 0 Å². The van der Waals surface area contributed by atoms with Crippen molar-refractivity contribution in [3.8, 4) is 0 Å². The van der Waals surface area contributed by atoms with Crippen LogP contribution in [0, 0.1) is 5.92 Å². The number of carbonyl (C=O) groups excluding carboxylic acids is 1. The molecule has 0 spiro atoms. The van der Waals surface area contributed by atoms with Gasteiger partial charge in [-0.3, -0.25) is 4.79 Å². The maximum absolute atomic E-state index is 11.5. The number of primary amides is 1. The first kappa shape index (κ1) is 13.6. The topological polar surface area (TPSA) is 94.5 Å². The summed E-state index contributed by atoms with van der Waals surface area (Å²) in [5.74, 6) is 0.721. The molecule has 2 heterocycles. The zero-order valence-corrected chi connectivity index (χ0v) is 11.1. The van der Waals surface area contributed by atoms with Crippen LogP contribution in [0.5, 0.6) is 0 Å². The predicted octanol–water partition coefficient (Wildman–Crippen LogP) is 0.626. The maximum atomic E-state index is 11.5. The van der Waals surface area contributed by atoms with E-state index in [1.54, 1.807) is 19.4 Å². The summed E-state index contributed by atoms with van der Waals surface area (Å²) in [5.41, 5.74) is 11.9. The number of nitrogens with two attached hydrogens (primary N) is 2. The van der Waals surface area contributed by atoms with Crippen molar-refractivity contribution in [3.05, 3.63) is 17.8 Å². The molecule has 6 nitrogen and oxygen atoms in total. The first-order valence-electron chi connectivity index (χ1n) is 6.41. The number of aromatic nitrogens is 1. The fraction of sp³-hybridized carbons (Fsp3) is 0.538. The third-order valence-electron chi connectivity index (χ3n) is 3.47. The second-order valence-corrected chi connectivity index (χ2v) is 4.89. The van der Waals surface area contributed by atoms with Gasteiger partial charge in [-0.2, -0.15) is 0 Å². The Kier molecular flexibility index (Phi) is 4.21. The van der Waals surface area contributed by atoms with Crippen molar-refractivity contribution in [1.82, 2.24) is 4.98 Å². The van der Waals surface area contributed by atoms with Crippen LogP contribution in [0.1, 0.15) is 23.2 Å². The van der Waals surface area contributed by atoms with Crippen LogP contribution in [0.4, 0.5) is 11.5 Å². The number of rotatable bonds is 4. The number of hydrogen-bond donors (Lipinski definition) is 2. The summed E-state index contributed by atoms with van der Waals surface area (Å²) in [6.07, 6.45) is 3.61. The number of piperidine rings is 1. The van der Waals surface area contributed by atoms with Crippen LogP contribution in [0.3, 0.4) is 0 Å². The standard InChI is InChI=1S/C13H20N4O2/c1-19-8-9-2-4-17(5-3-9)13-11(12(15)18)6-10(14)7-16-13/h6-7,9H,2-5,8,14H2,1H3,(H2,15,18). The zero-order valence-electron chi connectivity index (χ0n) is 11.1. The first-order chi connectivity index (χ1) is 9.11. The summed E-state index contributed by atoms with van der Waals surface area (Å²) >= 11 is 0. The lowest BCUT2D eigenvalue weighted by Gasteiger charge is -2.33. The smallest absolute Gasteiger partial charge is 0.252 e. The number of carbonyl (C=O) groups is 1. The predicted molar refractivity (Wildman–Crippen MR) is 74.0 cm³/mol. The van der Waals surface area contributed by atoms with Crippen molar-refractivity contribution in [2.24, 2.45) is 11.7 Å². The molecule has 2 rings (SSSR count). The van der Waals surface area contributed by atoms with Crippen molar-refractivity contribution in [2.45, 2.75) is 12.8 Å². The SMILES string of the molecule is COCC1CCN(c2ncc(N)cc2C(N)=O)CC1. The third kappa shape index (κ3) is 3.14. The van der Waals surface area contributed by atoms with Gasteiger partial charge in [0.1, 0.15) is 5.82 Å². The van der Waals surface area contributed by atoms with Gasteiger partial charge in [0.15, 0.2) is 0 Å². The van der Waals surface area contributed by atoms with E-state index in [-0.39, 0.29) is 0 Å². The number of hydrogen-bond acceptors (Lipinski definition) is 5. The zero-order chi connectivity index (χ0) is 13.8. The molecule has 0 radical (unpaired) electrons. The van der Waals surface area contributed by atoms with Gasteiger partial charge in [-0.15, -0.1) is 0 Å². The molecule has 1 aliphatic heterocycles. The van der Waals surface area contributed by atoms with Crippen molar-refractivity contribution in [1.29, 1.82) is 0 Å². The molecule has 4 N–H and O–H groups in total. The number of amides is 1. The quantitative estimate of drug-likeness (QED) is 0.831. The van der Waals surface area contributed by atoms with Gasteiger partial charge in [0, 0.05) is 26.8 Å². The monoisotopic (exact) mass is 264 g/mol. The van der Waals surface area contributed by atoms with E-state index in [1.807, 2.05) is 0 Å². The fourth-order valence-electron chi connectivity index (χ4n) is 2.45. The second-order valence-electron chi connectivity index (χ2n) is 4.89. The molecule has 1 saturated heterocycles. The van der Waals surface area contributed by atoms with Gasteiger partial charge >= 0.3 is 0 Å². The van der Waals surface area contributed by atoms with E-state index < -0.39 is 5.91 Å². The Morgan fingerprint density at radius 1 is 1.53 bits per heavy atom. The average molecular weight is 264 g/mol. The summed E-state index contributed by atoms with van der Waals surface area (Å²) < 4.78 is 5.18. The van der Waals surface area contributed by atoms with E-state index in [0.717, 1.165) is 32.5 Å². The average Bonchev–Trinajstić information content (AvgIpc) is 2.40. The molecule has 0 aromatic carbocycles. The highest BCUT2D eigenvalue weighted by atomic mass is 16.5. The molecular weight excluding hydrogens is 244 g/mol. The molecule has 1 amide bonds. The van der Waals surface area contributed by atoms with Crippen LogP contribution in [-0.4, -0.2) is 37.7 Å². The van der Waals surface area contributed by atoms with E-state index in [0.29, 0.717) is 23.0 Å². The Morgan fingerprint density at radius 3 is 2.79 bits per heavy atom. The minimum Gasteiger partial charge on any atom is -0.397 e. The Morgan fingerprint density at radius 2 is 2.21 bits per heavy atom. The molecule has 0 aliphatic carbocycles. The number of anilines is 2. The summed E-state index contributed by atoms with van der Waals surface area (Å²) in [7, 11) is 1.72. The van der Waals surface area contributed by atoms with Gasteiger partial charge in [-0.1, -0.05) is 0 Å². The van der Waals surface area contributed by atoms with Gasteiger partial charge < -0.3 is 21.1 Å². The lowest BCUT2D eigenvalue weighted by atomic mass is 9.97. The van der Waals surface area contributed by atoms with E-state index in [1.165, 1.54) is 0 Å². The van der Waals surface area contributed by atoms with Crippen molar-refractivity contribution in [3.63, 3.8) is 0 Å². The second kappa shape index (κ2) is 5.88. The highest BCUT2D eigenvalue weighted by Gasteiger charge is 2.23. The highest BCUT2D eigenvalue weighted by molar-refractivity contribution is 5.98. The summed E-state index contributed by atoms with van der Waals surface area (Å²) in [4.78, 5) is 17.8. The number of nitrogens with zero attached hydrogens (tertiary/aromatic N) is 2. The number of nitrogen functional groups attached to an aromatic ring is 1. The largest absolute Gasteiger partial charge is 0.397 e. The normalized spacial score (nSPS) is 16.6. The minimum absolute atomic E-state index is 0.394. The molecule has 6 heteroatoms. The van der Waals surface area contributed by atoms with Crippen molar-refractivity contribution < 1.29 is 9.53 Å². The highest BCUT2D eigenvalue weighted by Crippen LogP contribution is 2.25. The van der Waals surface area contributed by atoms with Crippen LogP contribution in [0.2, 0.25) is 0 Å². The van der Waals surface area contributed by atoms with Gasteiger partial charge in [0.25, 0.3) is 5.91 Å². The van der Waals surface area contributed by atoms with Gasteiger partial charge in [-0.05, 0) is 24.8 Å². The minimum atomic E-state index is -0.492.